The van der Waals surface area contributed by atoms with Gasteiger partial charge in [-0.05, 0) is 50.3 Å². The Labute approximate surface area is 164 Å². The molecule has 150 valence electrons. The second-order valence-corrected chi connectivity index (χ2v) is 7.60. The quantitative estimate of drug-likeness (QED) is 0.766. The Kier molecular flexibility index (Phi) is 6.62. The van der Waals surface area contributed by atoms with E-state index >= 15 is 0 Å². The number of carbonyl (C=O) groups is 1. The third kappa shape index (κ3) is 5.29. The summed E-state index contributed by atoms with van der Waals surface area (Å²) in [6, 6.07) is 9.51. The molecule has 3 rings (SSSR count). The van der Waals surface area contributed by atoms with Gasteiger partial charge in [0, 0.05) is 38.8 Å². The SMILES string of the molecule is Cc1cc(=O)cc(C(=O)N(C)CC2CCCN(CCc3ccccc3F)C2)o1. The van der Waals surface area contributed by atoms with Gasteiger partial charge >= 0.3 is 0 Å². The summed E-state index contributed by atoms with van der Waals surface area (Å²) in [5.74, 6) is 0.436. The molecule has 0 spiro atoms. The van der Waals surface area contributed by atoms with Crippen LogP contribution < -0.4 is 5.43 Å². The molecule has 1 aliphatic heterocycles. The van der Waals surface area contributed by atoms with Gasteiger partial charge in [0.05, 0.1) is 0 Å². The fourth-order valence-corrected chi connectivity index (χ4v) is 3.85. The van der Waals surface area contributed by atoms with Crippen LogP contribution in [0.2, 0.25) is 0 Å². The second-order valence-electron chi connectivity index (χ2n) is 7.60. The summed E-state index contributed by atoms with van der Waals surface area (Å²) in [5.41, 5.74) is 0.517. The lowest BCUT2D eigenvalue weighted by molar-refractivity contribution is 0.0695. The van der Waals surface area contributed by atoms with E-state index in [9.17, 15) is 14.0 Å². The van der Waals surface area contributed by atoms with E-state index in [2.05, 4.69) is 4.90 Å². The first kappa shape index (κ1) is 20.3. The minimum atomic E-state index is -0.274. The topological polar surface area (TPSA) is 53.8 Å². The molecule has 1 fully saturated rings. The van der Waals surface area contributed by atoms with E-state index in [0.29, 0.717) is 24.6 Å². The van der Waals surface area contributed by atoms with Crippen molar-refractivity contribution in [1.29, 1.82) is 0 Å². The van der Waals surface area contributed by atoms with E-state index < -0.39 is 0 Å². The number of rotatable bonds is 6. The van der Waals surface area contributed by atoms with Gasteiger partial charge in [-0.15, -0.1) is 0 Å². The van der Waals surface area contributed by atoms with Gasteiger partial charge in [0.25, 0.3) is 5.91 Å². The van der Waals surface area contributed by atoms with Gasteiger partial charge in [-0.2, -0.15) is 0 Å². The van der Waals surface area contributed by atoms with Gasteiger partial charge in [-0.1, -0.05) is 18.2 Å². The number of hydrogen-bond acceptors (Lipinski definition) is 4. The zero-order valence-corrected chi connectivity index (χ0v) is 16.5. The van der Waals surface area contributed by atoms with Crippen molar-refractivity contribution in [3.8, 4) is 0 Å². The van der Waals surface area contributed by atoms with Crippen LogP contribution in [0.3, 0.4) is 0 Å². The van der Waals surface area contributed by atoms with Gasteiger partial charge in [0.1, 0.15) is 11.6 Å². The number of carbonyl (C=O) groups excluding carboxylic acids is 1. The van der Waals surface area contributed by atoms with Crippen molar-refractivity contribution in [2.24, 2.45) is 5.92 Å². The van der Waals surface area contributed by atoms with Crippen LogP contribution >= 0.6 is 0 Å². The van der Waals surface area contributed by atoms with Crippen LogP contribution in [0.4, 0.5) is 4.39 Å². The van der Waals surface area contributed by atoms with Crippen LogP contribution in [0.1, 0.15) is 34.7 Å². The molecule has 1 atom stereocenters. The fourth-order valence-electron chi connectivity index (χ4n) is 3.85. The summed E-state index contributed by atoms with van der Waals surface area (Å²) in [5, 5.41) is 0. The highest BCUT2D eigenvalue weighted by Crippen LogP contribution is 2.19. The number of halogens is 1. The molecule has 2 aromatic rings. The van der Waals surface area contributed by atoms with Crippen LogP contribution in [0, 0.1) is 18.7 Å². The smallest absolute Gasteiger partial charge is 0.289 e. The zero-order valence-electron chi connectivity index (χ0n) is 16.5. The molecule has 0 N–H and O–H groups in total. The highest BCUT2D eigenvalue weighted by molar-refractivity contribution is 5.91. The first-order valence-corrected chi connectivity index (χ1v) is 9.75. The molecule has 1 saturated heterocycles. The summed E-state index contributed by atoms with van der Waals surface area (Å²) in [6.45, 7) is 4.94. The summed E-state index contributed by atoms with van der Waals surface area (Å²) in [4.78, 5) is 28.2. The summed E-state index contributed by atoms with van der Waals surface area (Å²) >= 11 is 0. The number of likely N-dealkylation sites (tertiary alicyclic amines) is 1. The molecule has 2 heterocycles. The Hall–Kier alpha value is -2.47. The molecular formula is C22H27FN2O3. The van der Waals surface area contributed by atoms with Gasteiger partial charge in [-0.3, -0.25) is 9.59 Å². The van der Waals surface area contributed by atoms with Crippen molar-refractivity contribution in [3.05, 3.63) is 69.5 Å². The van der Waals surface area contributed by atoms with Gasteiger partial charge in [-0.25, -0.2) is 4.39 Å². The lowest BCUT2D eigenvalue weighted by Gasteiger charge is -2.34. The third-order valence-electron chi connectivity index (χ3n) is 5.24. The third-order valence-corrected chi connectivity index (χ3v) is 5.24. The molecule has 1 amide bonds. The number of amides is 1. The van der Waals surface area contributed by atoms with E-state index in [0.717, 1.165) is 38.0 Å². The average molecular weight is 386 g/mol. The fraction of sp³-hybridized carbons (Fsp3) is 0.455. The first-order chi connectivity index (χ1) is 13.4. The zero-order chi connectivity index (χ0) is 20.1. The summed E-state index contributed by atoms with van der Waals surface area (Å²) in [6.07, 6.45) is 2.79. The molecule has 0 saturated carbocycles. The van der Waals surface area contributed by atoms with Gasteiger partial charge < -0.3 is 14.2 Å². The van der Waals surface area contributed by atoms with Crippen molar-refractivity contribution in [2.45, 2.75) is 26.2 Å². The maximum Gasteiger partial charge on any atom is 0.289 e. The lowest BCUT2D eigenvalue weighted by atomic mass is 9.97. The van der Waals surface area contributed by atoms with E-state index in [1.165, 1.54) is 18.2 Å². The Morgan fingerprint density at radius 3 is 2.86 bits per heavy atom. The molecule has 6 heteroatoms. The van der Waals surface area contributed by atoms with E-state index in [4.69, 9.17) is 4.42 Å². The number of aryl methyl sites for hydroxylation is 1. The molecular weight excluding hydrogens is 359 g/mol. The second kappa shape index (κ2) is 9.15. The number of nitrogens with zero attached hydrogens (tertiary/aromatic N) is 2. The van der Waals surface area contributed by atoms with E-state index in [1.54, 1.807) is 24.9 Å². The molecule has 5 nitrogen and oxygen atoms in total. The maximum atomic E-state index is 13.8. The Morgan fingerprint density at radius 1 is 1.32 bits per heavy atom. The average Bonchev–Trinajstić information content (AvgIpc) is 2.66. The molecule has 0 bridgehead atoms. The first-order valence-electron chi connectivity index (χ1n) is 9.75. The van der Waals surface area contributed by atoms with Crippen LogP contribution in [0.5, 0.6) is 0 Å². The van der Waals surface area contributed by atoms with Gasteiger partial charge in [0.2, 0.25) is 0 Å². The Bertz CT molecular complexity index is 880. The molecule has 1 unspecified atom stereocenters. The van der Waals surface area contributed by atoms with Crippen molar-refractivity contribution in [1.82, 2.24) is 9.80 Å². The standard InChI is InChI=1S/C22H27FN2O3/c1-16-12-19(26)13-21(28-16)22(27)24(2)14-17-6-5-10-25(15-17)11-9-18-7-3-4-8-20(18)23/h3-4,7-8,12-13,17H,5-6,9-11,14-15H2,1-2H3. The number of piperidine rings is 1. The van der Waals surface area contributed by atoms with Crippen LogP contribution in [-0.2, 0) is 6.42 Å². The van der Waals surface area contributed by atoms with Crippen LogP contribution in [0.25, 0.3) is 0 Å². The number of benzene rings is 1. The largest absolute Gasteiger partial charge is 0.456 e. The lowest BCUT2D eigenvalue weighted by Crippen LogP contribution is -2.42. The Balaban J connectivity index is 1.54. The Morgan fingerprint density at radius 2 is 2.11 bits per heavy atom. The van der Waals surface area contributed by atoms with Crippen LogP contribution in [0.15, 0.2) is 45.6 Å². The van der Waals surface area contributed by atoms with Crippen molar-refractivity contribution in [2.75, 3.05) is 33.2 Å². The van der Waals surface area contributed by atoms with Crippen molar-refractivity contribution in [3.63, 3.8) is 0 Å². The highest BCUT2D eigenvalue weighted by Gasteiger charge is 2.24. The molecule has 1 aliphatic rings. The van der Waals surface area contributed by atoms with E-state index in [1.807, 2.05) is 12.1 Å². The normalized spacial score (nSPS) is 17.5. The van der Waals surface area contributed by atoms with Crippen LogP contribution in [-0.4, -0.2) is 48.9 Å². The predicted molar refractivity (Wildman–Crippen MR) is 106 cm³/mol. The molecule has 28 heavy (non-hydrogen) atoms. The summed E-state index contributed by atoms with van der Waals surface area (Å²) in [7, 11) is 1.74. The molecule has 1 aromatic heterocycles. The molecule has 0 aliphatic carbocycles. The maximum absolute atomic E-state index is 13.8. The highest BCUT2D eigenvalue weighted by atomic mass is 19.1. The number of hydrogen-bond donors (Lipinski definition) is 0. The van der Waals surface area contributed by atoms with E-state index in [-0.39, 0.29) is 22.9 Å². The molecule has 1 aromatic carbocycles. The monoisotopic (exact) mass is 386 g/mol. The van der Waals surface area contributed by atoms with Gasteiger partial charge in [0.15, 0.2) is 11.2 Å². The van der Waals surface area contributed by atoms with Crippen molar-refractivity contribution < 1.29 is 13.6 Å². The predicted octanol–water partition coefficient (Wildman–Crippen LogP) is 3.11. The summed E-state index contributed by atoms with van der Waals surface area (Å²) < 4.78 is 19.2. The minimum absolute atomic E-state index is 0.0831. The van der Waals surface area contributed by atoms with Crippen molar-refractivity contribution >= 4 is 5.91 Å². The minimum Gasteiger partial charge on any atom is -0.456 e. The molecule has 0 radical (unpaired) electrons.